The lowest BCUT2D eigenvalue weighted by atomic mass is 9.99. The first-order chi connectivity index (χ1) is 17.9. The number of nitrogens with one attached hydrogen (secondary N) is 1. The molecule has 0 aromatic heterocycles. The van der Waals surface area contributed by atoms with Crippen molar-refractivity contribution in [3.8, 4) is 0 Å². The van der Waals surface area contributed by atoms with Crippen molar-refractivity contribution in [1.82, 2.24) is 4.90 Å². The number of carbonyl (C=O) groups excluding carboxylic acids is 2. The Bertz CT molecular complexity index is 1380. The maximum Gasteiger partial charge on any atom is 0.267 e. The second-order valence-corrected chi connectivity index (χ2v) is 9.52. The van der Waals surface area contributed by atoms with Gasteiger partial charge in [0.25, 0.3) is 5.91 Å². The molecule has 0 radical (unpaired) electrons. The summed E-state index contributed by atoms with van der Waals surface area (Å²) in [5.41, 5.74) is 4.81. The van der Waals surface area contributed by atoms with E-state index in [2.05, 4.69) is 46.4 Å². The van der Waals surface area contributed by atoms with E-state index in [1.165, 1.54) is 13.0 Å². The van der Waals surface area contributed by atoms with Gasteiger partial charge >= 0.3 is 0 Å². The van der Waals surface area contributed by atoms with Crippen LogP contribution in [0.15, 0.2) is 78.0 Å². The Hall–Kier alpha value is -4.30. The zero-order chi connectivity index (χ0) is 26.1. The van der Waals surface area contributed by atoms with Crippen molar-refractivity contribution in [2.45, 2.75) is 19.9 Å². The average molecular weight is 496 g/mol. The highest BCUT2D eigenvalue weighted by Gasteiger charge is 2.38. The van der Waals surface area contributed by atoms with E-state index in [-0.39, 0.29) is 5.69 Å². The standard InChI is InChI=1S/C29H29N5O3/c1-19-18-33(16-15-32(19)3)24-12-9-22(10-13-24)30-28(21-7-5-4-6-8-21)27-25-14-11-23(31-37)17-26(25)34(20(2)35)29(27)36/h4-14,17,19,30H,15-16,18H2,1-3H3/b28-27-/t19-/m0/s1. The van der Waals surface area contributed by atoms with Gasteiger partial charge in [0, 0.05) is 49.5 Å². The zero-order valence-corrected chi connectivity index (χ0v) is 21.1. The number of rotatable bonds is 5. The van der Waals surface area contributed by atoms with Crippen LogP contribution in [-0.4, -0.2) is 49.4 Å². The molecule has 5 rings (SSSR count). The van der Waals surface area contributed by atoms with Crippen molar-refractivity contribution in [1.29, 1.82) is 0 Å². The van der Waals surface area contributed by atoms with Crippen LogP contribution in [0.25, 0.3) is 11.3 Å². The predicted molar refractivity (Wildman–Crippen MR) is 148 cm³/mol. The lowest BCUT2D eigenvalue weighted by Crippen LogP contribution is -2.50. The maximum absolute atomic E-state index is 13.6. The van der Waals surface area contributed by atoms with E-state index in [9.17, 15) is 14.5 Å². The van der Waals surface area contributed by atoms with Crippen LogP contribution in [-0.2, 0) is 9.59 Å². The average Bonchev–Trinajstić information content (AvgIpc) is 3.20. The molecule has 1 saturated heterocycles. The number of anilines is 3. The first-order valence-corrected chi connectivity index (χ1v) is 12.3. The molecule has 8 heteroatoms. The summed E-state index contributed by atoms with van der Waals surface area (Å²) in [6, 6.07) is 22.9. The summed E-state index contributed by atoms with van der Waals surface area (Å²) in [6.07, 6.45) is 0. The maximum atomic E-state index is 13.6. The highest BCUT2D eigenvalue weighted by atomic mass is 16.3. The summed E-state index contributed by atoms with van der Waals surface area (Å²) < 4.78 is 0. The number of carbonyl (C=O) groups is 2. The van der Waals surface area contributed by atoms with E-state index in [1.807, 2.05) is 42.5 Å². The molecule has 2 heterocycles. The first kappa shape index (κ1) is 24.4. The van der Waals surface area contributed by atoms with Gasteiger partial charge in [-0.15, -0.1) is 4.91 Å². The van der Waals surface area contributed by atoms with Gasteiger partial charge in [-0.1, -0.05) is 30.3 Å². The van der Waals surface area contributed by atoms with E-state index in [0.29, 0.717) is 28.6 Å². The monoisotopic (exact) mass is 495 g/mol. The Morgan fingerprint density at radius 2 is 1.73 bits per heavy atom. The van der Waals surface area contributed by atoms with Gasteiger partial charge in [0.15, 0.2) is 0 Å². The van der Waals surface area contributed by atoms with Crippen molar-refractivity contribution < 1.29 is 9.59 Å². The van der Waals surface area contributed by atoms with E-state index in [0.717, 1.165) is 41.5 Å². The second-order valence-electron chi connectivity index (χ2n) is 9.52. The fourth-order valence-electron chi connectivity index (χ4n) is 4.93. The Morgan fingerprint density at radius 3 is 2.38 bits per heavy atom. The topological polar surface area (TPSA) is 85.3 Å². The van der Waals surface area contributed by atoms with Crippen molar-refractivity contribution in [2.24, 2.45) is 5.18 Å². The Kier molecular flexibility index (Phi) is 6.58. The van der Waals surface area contributed by atoms with Gasteiger partial charge in [-0.3, -0.25) is 9.59 Å². The molecule has 2 amide bonds. The minimum atomic E-state index is -0.444. The van der Waals surface area contributed by atoms with Gasteiger partial charge in [-0.25, -0.2) is 4.90 Å². The molecule has 1 fully saturated rings. The van der Waals surface area contributed by atoms with Gasteiger partial charge in [-0.2, -0.15) is 0 Å². The molecule has 0 aliphatic carbocycles. The molecule has 2 aliphatic heterocycles. The molecule has 8 nitrogen and oxygen atoms in total. The van der Waals surface area contributed by atoms with Gasteiger partial charge in [0.2, 0.25) is 5.91 Å². The lowest BCUT2D eigenvalue weighted by Gasteiger charge is -2.39. The number of fused-ring (bicyclic) bond motifs is 1. The molecule has 0 spiro atoms. The molecular weight excluding hydrogens is 466 g/mol. The smallest absolute Gasteiger partial charge is 0.267 e. The molecule has 0 saturated carbocycles. The van der Waals surface area contributed by atoms with Gasteiger partial charge < -0.3 is 15.1 Å². The molecular formula is C29H29N5O3. The minimum absolute atomic E-state index is 0.155. The number of benzene rings is 3. The SMILES string of the molecule is CC(=O)N1C(=O)/C(=C(\Nc2ccc(N3CCN(C)[C@@H](C)C3)cc2)c2ccccc2)c2ccc(N=O)cc21. The normalized spacial score (nSPS) is 19.0. The summed E-state index contributed by atoms with van der Waals surface area (Å²) in [6.45, 7) is 6.51. The van der Waals surface area contributed by atoms with Crippen molar-refractivity contribution in [3.63, 3.8) is 0 Å². The van der Waals surface area contributed by atoms with Crippen LogP contribution in [0.4, 0.5) is 22.7 Å². The summed E-state index contributed by atoms with van der Waals surface area (Å²) in [4.78, 5) is 43.1. The summed E-state index contributed by atoms with van der Waals surface area (Å²) >= 11 is 0. The highest BCUT2D eigenvalue weighted by Crippen LogP contribution is 2.43. The van der Waals surface area contributed by atoms with Crippen LogP contribution in [0.2, 0.25) is 0 Å². The molecule has 2 aliphatic rings. The van der Waals surface area contributed by atoms with Crippen LogP contribution in [0, 0.1) is 4.91 Å². The summed E-state index contributed by atoms with van der Waals surface area (Å²) in [7, 11) is 2.15. The largest absolute Gasteiger partial charge is 0.369 e. The fourth-order valence-corrected chi connectivity index (χ4v) is 4.93. The number of nitrogens with zero attached hydrogens (tertiary/aromatic N) is 4. The van der Waals surface area contributed by atoms with E-state index in [1.54, 1.807) is 12.1 Å². The third-order valence-corrected chi connectivity index (χ3v) is 7.10. The number of imide groups is 1. The predicted octanol–water partition coefficient (Wildman–Crippen LogP) is 5.10. The van der Waals surface area contributed by atoms with Gasteiger partial charge in [-0.05, 0) is 67.2 Å². The second kappa shape index (κ2) is 9.99. The van der Waals surface area contributed by atoms with E-state index < -0.39 is 11.8 Å². The third kappa shape index (κ3) is 4.63. The van der Waals surface area contributed by atoms with Crippen molar-refractivity contribution >= 4 is 45.8 Å². The molecule has 3 aromatic rings. The van der Waals surface area contributed by atoms with Crippen molar-refractivity contribution in [3.05, 3.63) is 88.8 Å². The minimum Gasteiger partial charge on any atom is -0.369 e. The van der Waals surface area contributed by atoms with Gasteiger partial charge in [0.1, 0.15) is 5.69 Å². The van der Waals surface area contributed by atoms with E-state index >= 15 is 0 Å². The van der Waals surface area contributed by atoms with Crippen LogP contribution in [0.3, 0.4) is 0 Å². The molecule has 1 N–H and O–H groups in total. The molecule has 0 bridgehead atoms. The number of piperazine rings is 1. The highest BCUT2D eigenvalue weighted by molar-refractivity contribution is 6.43. The van der Waals surface area contributed by atoms with Crippen LogP contribution >= 0.6 is 0 Å². The lowest BCUT2D eigenvalue weighted by molar-refractivity contribution is -0.122. The quantitative estimate of drug-likeness (QED) is 0.392. The van der Waals surface area contributed by atoms with Crippen LogP contribution in [0.5, 0.6) is 0 Å². The Labute approximate surface area is 216 Å². The molecule has 1 atom stereocenters. The number of hydrogen-bond acceptors (Lipinski definition) is 7. The Morgan fingerprint density at radius 1 is 1.00 bits per heavy atom. The summed E-state index contributed by atoms with van der Waals surface area (Å²) in [5, 5.41) is 6.43. The van der Waals surface area contributed by atoms with Gasteiger partial charge in [0.05, 0.1) is 17.0 Å². The molecule has 0 unspecified atom stereocenters. The Balaban J connectivity index is 1.56. The van der Waals surface area contributed by atoms with Crippen LogP contribution < -0.4 is 15.1 Å². The summed E-state index contributed by atoms with van der Waals surface area (Å²) in [5.74, 6) is -0.873. The van der Waals surface area contributed by atoms with Crippen LogP contribution in [0.1, 0.15) is 25.0 Å². The third-order valence-electron chi connectivity index (χ3n) is 7.10. The number of hydrogen-bond donors (Lipinski definition) is 1. The zero-order valence-electron chi connectivity index (χ0n) is 21.1. The van der Waals surface area contributed by atoms with E-state index in [4.69, 9.17) is 0 Å². The molecule has 3 aromatic carbocycles. The fraction of sp³-hybridized carbons (Fsp3) is 0.241. The number of nitroso groups, excluding NO2 is 1. The van der Waals surface area contributed by atoms with Crippen molar-refractivity contribution in [2.75, 3.05) is 41.8 Å². The molecule has 188 valence electrons. The number of amides is 2. The molecule has 37 heavy (non-hydrogen) atoms. The number of likely N-dealkylation sites (N-methyl/N-ethyl adjacent to an activating group) is 1. The first-order valence-electron chi connectivity index (χ1n) is 12.3.